The van der Waals surface area contributed by atoms with Gasteiger partial charge >= 0.3 is 0 Å². The zero-order chi connectivity index (χ0) is 17.5. The molecule has 140 valence electrons. The Morgan fingerprint density at radius 1 is 1.20 bits per heavy atom. The Hall–Kier alpha value is -1.31. The van der Waals surface area contributed by atoms with Crippen molar-refractivity contribution in [2.24, 2.45) is 16.8 Å². The minimum absolute atomic E-state index is 0. The third kappa shape index (κ3) is 6.84. The van der Waals surface area contributed by atoms with Gasteiger partial charge in [-0.25, -0.2) is 0 Å². The van der Waals surface area contributed by atoms with Crippen LogP contribution in [0.15, 0.2) is 29.3 Å². The lowest BCUT2D eigenvalue weighted by molar-refractivity contribution is 0.0954. The second-order valence-corrected chi connectivity index (χ2v) is 6.95. The van der Waals surface area contributed by atoms with E-state index in [1.165, 1.54) is 6.42 Å². The van der Waals surface area contributed by atoms with Crippen molar-refractivity contribution in [2.45, 2.75) is 27.2 Å². The average Bonchev–Trinajstić information content (AvgIpc) is 2.53. The maximum atomic E-state index is 12.1. The normalized spacial score (nSPS) is 20.6. The topological polar surface area (TPSA) is 56.7 Å². The average molecular weight is 458 g/mol. The first kappa shape index (κ1) is 21.7. The van der Waals surface area contributed by atoms with Crippen LogP contribution in [0.5, 0.6) is 0 Å². The monoisotopic (exact) mass is 458 g/mol. The van der Waals surface area contributed by atoms with Crippen LogP contribution >= 0.6 is 24.0 Å². The van der Waals surface area contributed by atoms with Gasteiger partial charge in [0.1, 0.15) is 0 Å². The van der Waals surface area contributed by atoms with Gasteiger partial charge in [-0.3, -0.25) is 9.79 Å². The van der Waals surface area contributed by atoms with E-state index in [1.54, 1.807) is 0 Å². The van der Waals surface area contributed by atoms with Gasteiger partial charge in [-0.2, -0.15) is 0 Å². The highest BCUT2D eigenvalue weighted by atomic mass is 127. The predicted molar refractivity (Wildman–Crippen MR) is 115 cm³/mol. The third-order valence-electron chi connectivity index (χ3n) is 4.35. The summed E-state index contributed by atoms with van der Waals surface area (Å²) in [6.07, 6.45) is 1.28. The fraction of sp³-hybridized carbons (Fsp3) is 0.579. The summed E-state index contributed by atoms with van der Waals surface area (Å²) in [5.41, 5.74) is 1.80. The zero-order valence-electron chi connectivity index (χ0n) is 15.7. The van der Waals surface area contributed by atoms with Gasteiger partial charge in [0.25, 0.3) is 5.91 Å². The summed E-state index contributed by atoms with van der Waals surface area (Å²) in [6, 6.07) is 7.63. The number of hydrogen-bond acceptors (Lipinski definition) is 2. The Bertz CT molecular complexity index is 581. The van der Waals surface area contributed by atoms with Gasteiger partial charge in [0.2, 0.25) is 0 Å². The van der Waals surface area contributed by atoms with Crippen molar-refractivity contribution >= 4 is 35.8 Å². The molecule has 0 radical (unpaired) electrons. The molecule has 5 nitrogen and oxygen atoms in total. The number of carbonyl (C=O) groups is 1. The van der Waals surface area contributed by atoms with Crippen molar-refractivity contribution in [1.29, 1.82) is 0 Å². The number of guanidine groups is 1. The number of hydrogen-bond donors (Lipinski definition) is 2. The summed E-state index contributed by atoms with van der Waals surface area (Å²) in [6.45, 7) is 9.90. The van der Waals surface area contributed by atoms with Crippen LogP contribution in [-0.4, -0.2) is 50.0 Å². The number of nitrogens with zero attached hydrogens (tertiary/aromatic N) is 2. The van der Waals surface area contributed by atoms with Crippen LogP contribution in [0, 0.1) is 18.8 Å². The first-order chi connectivity index (χ1) is 11.5. The first-order valence-electron chi connectivity index (χ1n) is 8.80. The largest absolute Gasteiger partial charge is 0.354 e. The molecule has 2 atom stereocenters. The summed E-state index contributed by atoms with van der Waals surface area (Å²) in [5.74, 6) is 2.27. The number of amides is 1. The molecule has 1 heterocycles. The van der Waals surface area contributed by atoms with Crippen molar-refractivity contribution in [2.75, 3.05) is 33.2 Å². The first-order valence-corrected chi connectivity index (χ1v) is 8.80. The standard InChI is InChI=1S/C19H30N4O.HI/c1-14-6-5-7-17(11-14)18(24)21-8-9-22-19(20-4)23-12-15(2)10-16(3)13-23;/h5-7,11,15-16H,8-10,12-13H2,1-4H3,(H,20,22)(H,21,24);1H. The summed E-state index contributed by atoms with van der Waals surface area (Å²) in [4.78, 5) is 18.8. The Labute approximate surface area is 168 Å². The van der Waals surface area contributed by atoms with Gasteiger partial charge in [-0.05, 0) is 37.3 Å². The van der Waals surface area contributed by atoms with Crippen molar-refractivity contribution in [3.8, 4) is 0 Å². The van der Waals surface area contributed by atoms with E-state index in [0.29, 0.717) is 30.5 Å². The molecule has 1 aromatic rings. The van der Waals surface area contributed by atoms with E-state index in [9.17, 15) is 4.79 Å². The van der Waals surface area contributed by atoms with E-state index in [1.807, 2.05) is 38.2 Å². The van der Waals surface area contributed by atoms with Crippen molar-refractivity contribution in [1.82, 2.24) is 15.5 Å². The molecule has 2 N–H and O–H groups in total. The van der Waals surface area contributed by atoms with Crippen LogP contribution in [0.3, 0.4) is 0 Å². The van der Waals surface area contributed by atoms with E-state index in [2.05, 4.69) is 34.4 Å². The Kier molecular flexibility index (Phi) is 9.24. The summed E-state index contributed by atoms with van der Waals surface area (Å²) >= 11 is 0. The van der Waals surface area contributed by atoms with Gasteiger partial charge in [-0.1, -0.05) is 31.5 Å². The minimum atomic E-state index is -0.0318. The van der Waals surface area contributed by atoms with Crippen LogP contribution in [0.1, 0.15) is 36.2 Å². The van der Waals surface area contributed by atoms with E-state index in [0.717, 1.165) is 24.6 Å². The molecule has 0 saturated carbocycles. The van der Waals surface area contributed by atoms with Gasteiger partial charge in [0, 0.05) is 38.8 Å². The minimum Gasteiger partial charge on any atom is -0.354 e. The molecule has 1 aliphatic rings. The maximum absolute atomic E-state index is 12.1. The van der Waals surface area contributed by atoms with E-state index >= 15 is 0 Å². The number of piperidine rings is 1. The van der Waals surface area contributed by atoms with E-state index in [-0.39, 0.29) is 29.9 Å². The lowest BCUT2D eigenvalue weighted by Crippen LogP contribution is -2.49. The molecular formula is C19H31IN4O. The van der Waals surface area contributed by atoms with Crippen LogP contribution in [-0.2, 0) is 0 Å². The highest BCUT2D eigenvalue weighted by Crippen LogP contribution is 2.20. The predicted octanol–water partition coefficient (Wildman–Crippen LogP) is 2.90. The molecule has 0 aromatic heterocycles. The molecule has 1 fully saturated rings. The smallest absolute Gasteiger partial charge is 0.251 e. The van der Waals surface area contributed by atoms with Gasteiger partial charge in [0.05, 0.1) is 0 Å². The van der Waals surface area contributed by atoms with Gasteiger partial charge in [-0.15, -0.1) is 24.0 Å². The lowest BCUT2D eigenvalue weighted by atomic mass is 9.92. The lowest BCUT2D eigenvalue weighted by Gasteiger charge is -2.37. The number of benzene rings is 1. The Morgan fingerprint density at radius 2 is 1.84 bits per heavy atom. The van der Waals surface area contributed by atoms with Gasteiger partial charge < -0.3 is 15.5 Å². The summed E-state index contributed by atoms with van der Waals surface area (Å²) < 4.78 is 0. The zero-order valence-corrected chi connectivity index (χ0v) is 18.0. The van der Waals surface area contributed by atoms with Crippen molar-refractivity contribution < 1.29 is 4.79 Å². The fourth-order valence-electron chi connectivity index (χ4n) is 3.41. The highest BCUT2D eigenvalue weighted by molar-refractivity contribution is 14.0. The number of rotatable bonds is 4. The highest BCUT2D eigenvalue weighted by Gasteiger charge is 2.23. The van der Waals surface area contributed by atoms with Crippen LogP contribution in [0.4, 0.5) is 0 Å². The van der Waals surface area contributed by atoms with Crippen LogP contribution in [0.2, 0.25) is 0 Å². The van der Waals surface area contributed by atoms with Crippen molar-refractivity contribution in [3.05, 3.63) is 35.4 Å². The molecule has 25 heavy (non-hydrogen) atoms. The molecule has 2 rings (SSSR count). The van der Waals surface area contributed by atoms with E-state index in [4.69, 9.17) is 0 Å². The number of aliphatic imine (C=N–C) groups is 1. The number of carbonyl (C=O) groups excluding carboxylic acids is 1. The van der Waals surface area contributed by atoms with Gasteiger partial charge in [0.15, 0.2) is 5.96 Å². The number of likely N-dealkylation sites (tertiary alicyclic amines) is 1. The molecule has 1 aliphatic heterocycles. The Balaban J connectivity index is 0.00000312. The molecule has 1 saturated heterocycles. The SMILES string of the molecule is CN=C(NCCNC(=O)c1cccc(C)c1)N1CC(C)CC(C)C1.I. The number of halogens is 1. The molecule has 6 heteroatoms. The Morgan fingerprint density at radius 3 is 2.44 bits per heavy atom. The quantitative estimate of drug-likeness (QED) is 0.316. The molecule has 2 unspecified atom stereocenters. The molecule has 1 aromatic carbocycles. The number of aryl methyl sites for hydroxylation is 1. The fourth-order valence-corrected chi connectivity index (χ4v) is 3.41. The maximum Gasteiger partial charge on any atom is 0.251 e. The third-order valence-corrected chi connectivity index (χ3v) is 4.35. The molecular weight excluding hydrogens is 427 g/mol. The molecule has 0 bridgehead atoms. The summed E-state index contributed by atoms with van der Waals surface area (Å²) in [5, 5.41) is 6.31. The van der Waals surface area contributed by atoms with Crippen LogP contribution in [0.25, 0.3) is 0 Å². The van der Waals surface area contributed by atoms with Crippen LogP contribution < -0.4 is 10.6 Å². The molecule has 0 aliphatic carbocycles. The molecule has 1 amide bonds. The van der Waals surface area contributed by atoms with Crippen molar-refractivity contribution in [3.63, 3.8) is 0 Å². The second kappa shape index (κ2) is 10.6. The van der Waals surface area contributed by atoms with E-state index < -0.39 is 0 Å². The second-order valence-electron chi connectivity index (χ2n) is 6.95. The summed E-state index contributed by atoms with van der Waals surface area (Å²) in [7, 11) is 1.82. The molecule has 0 spiro atoms. The number of nitrogens with one attached hydrogen (secondary N) is 2.